The Labute approximate surface area is 50.7 Å². The van der Waals surface area contributed by atoms with Crippen LogP contribution in [0.5, 0.6) is 0 Å². The Balaban J connectivity index is 0. The van der Waals surface area contributed by atoms with Crippen molar-refractivity contribution in [3.05, 3.63) is 10.4 Å². The topological polar surface area (TPSA) is 73.0 Å². The van der Waals surface area contributed by atoms with Crippen LogP contribution in [0.2, 0.25) is 0 Å². The number of nitrogens with zero attached hydrogens (tertiary/aromatic N) is 1. The van der Waals surface area contributed by atoms with E-state index in [2.05, 4.69) is 0 Å². The van der Waals surface area contributed by atoms with E-state index in [4.69, 9.17) is 15.9 Å². The first kappa shape index (κ1) is 8.96. The predicted octanol–water partition coefficient (Wildman–Crippen LogP) is -2.97. The minimum absolute atomic E-state index is 0. The molecule has 0 aliphatic rings. The van der Waals surface area contributed by atoms with Gasteiger partial charge in [0, 0.05) is 0 Å². The molecule has 1 N–H and O–H groups in total. The molecule has 0 rings (SSSR count). The largest absolute Gasteiger partial charge is 1.00 e. The maximum atomic E-state index is 8.47. The van der Waals surface area contributed by atoms with Crippen molar-refractivity contribution in [1.82, 2.24) is 0 Å². The van der Waals surface area contributed by atoms with E-state index < -0.39 is 5.02 Å². The Hall–Kier alpha value is 0.200. The zero-order chi connectivity index (χ0) is 3.58. The molecule has 4 nitrogen and oxygen atoms in total. The second kappa shape index (κ2) is 4.20. The number of nitrogens with one attached hydrogen (secondary N) is 1. The van der Waals surface area contributed by atoms with Crippen LogP contribution in [-0.2, 0) is 0 Å². The minimum atomic E-state index is -1.25. The van der Waals surface area contributed by atoms with Crippen LogP contribution in [0, 0.1) is 15.9 Å². The average Bonchev–Trinajstić information content (AvgIpc) is 0.811. The molecule has 0 atom stereocenters. The smallest absolute Gasteiger partial charge is 0.588 e. The van der Waals surface area contributed by atoms with Crippen molar-refractivity contribution in [1.29, 1.82) is 5.53 Å². The van der Waals surface area contributed by atoms with Gasteiger partial charge in [-0.15, -0.1) is 0 Å². The molecule has 0 aromatic heterocycles. The summed E-state index contributed by atoms with van der Waals surface area (Å²) in [6, 6.07) is 0. The van der Waals surface area contributed by atoms with Crippen LogP contribution >= 0.6 is 0 Å². The number of hydrogen-bond donors (Lipinski definition) is 1. The van der Waals surface area contributed by atoms with Gasteiger partial charge in [0.25, 0.3) is 0 Å². The van der Waals surface area contributed by atoms with Crippen molar-refractivity contribution >= 4 is 0 Å². The second-order valence-electron chi connectivity index (χ2n) is 0.257. The first-order chi connectivity index (χ1) is 1.73. The minimum Gasteiger partial charge on any atom is -0.588 e. The first-order valence-corrected chi connectivity index (χ1v) is 0.589. The van der Waals surface area contributed by atoms with E-state index in [1.54, 1.807) is 0 Å². The van der Waals surface area contributed by atoms with E-state index in [1.807, 2.05) is 0 Å². The maximum absolute atomic E-state index is 8.47. The summed E-state index contributed by atoms with van der Waals surface area (Å²) in [7, 11) is 0. The van der Waals surface area contributed by atoms with Gasteiger partial charge in [-0.25, -0.2) is 0 Å². The molecule has 0 aromatic rings. The molecular formula is HN2NaO2. The van der Waals surface area contributed by atoms with Crippen LogP contribution in [0.15, 0.2) is 0 Å². The molecule has 0 unspecified atom stereocenters. The molecular weight excluding hydrogens is 83.0 g/mol. The van der Waals surface area contributed by atoms with Crippen LogP contribution in [0.4, 0.5) is 0 Å². The van der Waals surface area contributed by atoms with E-state index in [9.17, 15) is 0 Å². The normalized spacial score (nSPS) is 4.80. The standard InChI is InChI=1S/HN2O2.Na/c1-2(3)4;/h(H-,1,3,4);/q-1;+1. The Morgan fingerprint density at radius 2 is 1.40 bits per heavy atom. The average molecular weight is 84.0 g/mol. The third kappa shape index (κ3) is 508. The van der Waals surface area contributed by atoms with Gasteiger partial charge in [-0.05, 0) is 5.53 Å². The van der Waals surface area contributed by atoms with E-state index in [0.717, 1.165) is 0 Å². The number of rotatable bonds is 0. The first-order valence-electron chi connectivity index (χ1n) is 0.589. The fourth-order valence-corrected chi connectivity index (χ4v) is 0. The molecule has 0 spiro atoms. The Morgan fingerprint density at radius 3 is 1.40 bits per heavy atom. The van der Waals surface area contributed by atoms with E-state index >= 15 is 0 Å². The maximum Gasteiger partial charge on any atom is 1.00 e. The molecule has 0 aliphatic heterocycles. The van der Waals surface area contributed by atoms with Crippen LogP contribution < -0.4 is 29.6 Å². The van der Waals surface area contributed by atoms with Crippen molar-refractivity contribution in [3.63, 3.8) is 0 Å². The summed E-state index contributed by atoms with van der Waals surface area (Å²) >= 11 is 0. The van der Waals surface area contributed by atoms with Gasteiger partial charge in [-0.1, -0.05) is 5.02 Å². The van der Waals surface area contributed by atoms with Gasteiger partial charge in [-0.2, -0.15) is 0 Å². The van der Waals surface area contributed by atoms with E-state index in [0.29, 0.717) is 0 Å². The summed E-state index contributed by atoms with van der Waals surface area (Å²) in [5, 5.41) is 15.7. The van der Waals surface area contributed by atoms with Crippen LogP contribution in [0.1, 0.15) is 0 Å². The quantitative estimate of drug-likeness (QED) is 0.193. The molecule has 0 heterocycles. The molecule has 0 saturated carbocycles. The molecule has 0 aliphatic carbocycles. The van der Waals surface area contributed by atoms with Gasteiger partial charge in [-0.3, -0.25) is 0 Å². The SMILES string of the molecule is N=[N+]([O-])[O-].[Na+]. The molecule has 0 radical (unpaired) electrons. The molecule has 0 amide bonds. The van der Waals surface area contributed by atoms with E-state index in [-0.39, 0.29) is 29.6 Å². The van der Waals surface area contributed by atoms with Crippen LogP contribution in [-0.4, -0.2) is 5.02 Å². The molecule has 0 fully saturated rings. The van der Waals surface area contributed by atoms with Gasteiger partial charge in [0.1, 0.15) is 0 Å². The molecule has 5 heteroatoms. The van der Waals surface area contributed by atoms with Crippen LogP contribution in [0.3, 0.4) is 0 Å². The molecule has 24 valence electrons. The van der Waals surface area contributed by atoms with Crippen molar-refractivity contribution in [2.45, 2.75) is 0 Å². The third-order valence-electron chi connectivity index (χ3n) is 0. The number of hydrogen-bond acceptors (Lipinski definition) is 3. The van der Waals surface area contributed by atoms with Crippen molar-refractivity contribution in [2.24, 2.45) is 0 Å². The molecule has 0 aromatic carbocycles. The molecule has 0 bridgehead atoms. The zero-order valence-electron chi connectivity index (χ0n) is 2.76. The Bertz CT molecular complexity index is 30.6. The van der Waals surface area contributed by atoms with Crippen molar-refractivity contribution in [3.8, 4) is 0 Å². The molecule has 0 saturated heterocycles. The summed E-state index contributed by atoms with van der Waals surface area (Å²) in [6.07, 6.45) is 0. The summed E-state index contributed by atoms with van der Waals surface area (Å²) in [5.41, 5.74) is 5.31. The van der Waals surface area contributed by atoms with Gasteiger partial charge in [0.2, 0.25) is 0 Å². The summed E-state index contributed by atoms with van der Waals surface area (Å²) in [5.74, 6) is 0. The summed E-state index contributed by atoms with van der Waals surface area (Å²) < 4.78 is 0. The summed E-state index contributed by atoms with van der Waals surface area (Å²) in [4.78, 5) is 0. The van der Waals surface area contributed by atoms with Gasteiger partial charge in [0.05, 0.1) is 0 Å². The van der Waals surface area contributed by atoms with Gasteiger partial charge in [0.15, 0.2) is 0 Å². The van der Waals surface area contributed by atoms with Gasteiger partial charge < -0.3 is 10.4 Å². The van der Waals surface area contributed by atoms with Crippen molar-refractivity contribution in [2.75, 3.05) is 0 Å². The van der Waals surface area contributed by atoms with Crippen molar-refractivity contribution < 1.29 is 34.6 Å². The molecule has 5 heavy (non-hydrogen) atoms. The van der Waals surface area contributed by atoms with E-state index in [1.165, 1.54) is 0 Å². The zero-order valence-corrected chi connectivity index (χ0v) is 4.76. The fraction of sp³-hybridized carbons (Fsp3) is 0. The van der Waals surface area contributed by atoms with Gasteiger partial charge >= 0.3 is 29.6 Å². The monoisotopic (exact) mass is 84.0 g/mol. The Morgan fingerprint density at radius 1 is 1.40 bits per heavy atom. The summed E-state index contributed by atoms with van der Waals surface area (Å²) in [6.45, 7) is 0. The van der Waals surface area contributed by atoms with Crippen LogP contribution in [0.25, 0.3) is 0 Å². The third-order valence-corrected chi connectivity index (χ3v) is 0. The fourth-order valence-electron chi connectivity index (χ4n) is 0. The predicted molar refractivity (Wildman–Crippen MR) is 9.71 cm³/mol. The second-order valence-corrected chi connectivity index (χ2v) is 0.257. The Kier molecular flexibility index (Phi) is 7.52.